The summed E-state index contributed by atoms with van der Waals surface area (Å²) in [7, 11) is -4.29. The van der Waals surface area contributed by atoms with Crippen LogP contribution in [0.15, 0.2) is 65.2 Å². The van der Waals surface area contributed by atoms with Crippen LogP contribution in [0.4, 0.5) is 11.4 Å². The van der Waals surface area contributed by atoms with Crippen LogP contribution in [-0.4, -0.2) is 24.0 Å². The van der Waals surface area contributed by atoms with Crippen molar-refractivity contribution in [2.45, 2.75) is 4.90 Å². The number of carbonyl (C=O) groups is 1. The number of benzene rings is 2. The van der Waals surface area contributed by atoms with Crippen molar-refractivity contribution in [1.82, 2.24) is 0 Å². The van der Waals surface area contributed by atoms with Gasteiger partial charge >= 0.3 is 0 Å². The Labute approximate surface area is 143 Å². The molecule has 0 atom stereocenters. The highest BCUT2D eigenvalue weighted by Crippen LogP contribution is 2.17. The third-order valence-electron chi connectivity index (χ3n) is 3.00. The van der Waals surface area contributed by atoms with E-state index in [4.69, 9.17) is 9.81 Å². The highest BCUT2D eigenvalue weighted by molar-refractivity contribution is 7.85. The van der Waals surface area contributed by atoms with E-state index >= 15 is 0 Å². The molecule has 0 bridgehead atoms. The van der Waals surface area contributed by atoms with Gasteiger partial charge in [0.25, 0.3) is 16.0 Å². The number of aromatic hydroxyl groups is 1. The number of rotatable bonds is 5. The Balaban J connectivity index is 2.09. The van der Waals surface area contributed by atoms with Crippen molar-refractivity contribution in [2.24, 2.45) is 0 Å². The Morgan fingerprint density at radius 3 is 2.36 bits per heavy atom. The second-order valence-corrected chi connectivity index (χ2v) is 6.24. The van der Waals surface area contributed by atoms with Crippen LogP contribution in [0.3, 0.4) is 0 Å². The predicted molar refractivity (Wildman–Crippen MR) is 90.3 cm³/mol. The molecule has 0 spiro atoms. The molecule has 0 unspecified atom stereocenters. The Morgan fingerprint density at radius 2 is 1.80 bits per heavy atom. The van der Waals surface area contributed by atoms with E-state index in [0.717, 1.165) is 6.20 Å². The van der Waals surface area contributed by atoms with Crippen LogP contribution in [0, 0.1) is 11.3 Å². The molecule has 0 aromatic heterocycles. The quantitative estimate of drug-likeness (QED) is 0.364. The number of hydrogen-bond acceptors (Lipinski definition) is 6. The highest BCUT2D eigenvalue weighted by Gasteiger charge is 2.10. The third-order valence-corrected chi connectivity index (χ3v) is 3.87. The SMILES string of the molecule is N#C/C(=C/Nc1ccc(S(=O)(=O)O)cc1)C(=O)Nc1cccc(O)c1. The minimum Gasteiger partial charge on any atom is -0.508 e. The number of nitrogens with zero attached hydrogens (tertiary/aromatic N) is 1. The number of nitrogens with one attached hydrogen (secondary N) is 2. The fourth-order valence-electron chi connectivity index (χ4n) is 1.81. The Hall–Kier alpha value is -3.35. The summed E-state index contributed by atoms with van der Waals surface area (Å²) < 4.78 is 30.8. The van der Waals surface area contributed by atoms with Gasteiger partial charge in [0.05, 0.1) is 4.90 Å². The molecule has 128 valence electrons. The van der Waals surface area contributed by atoms with Gasteiger partial charge in [0.15, 0.2) is 0 Å². The monoisotopic (exact) mass is 359 g/mol. The van der Waals surface area contributed by atoms with Gasteiger partial charge in [-0.25, -0.2) is 0 Å². The van der Waals surface area contributed by atoms with Gasteiger partial charge in [-0.05, 0) is 36.4 Å². The molecule has 0 fully saturated rings. The molecule has 0 aliphatic carbocycles. The summed E-state index contributed by atoms with van der Waals surface area (Å²) in [5, 5.41) is 23.6. The van der Waals surface area contributed by atoms with Crippen LogP contribution in [0.5, 0.6) is 5.75 Å². The van der Waals surface area contributed by atoms with E-state index in [1.807, 2.05) is 0 Å². The highest BCUT2D eigenvalue weighted by atomic mass is 32.2. The van der Waals surface area contributed by atoms with E-state index in [-0.39, 0.29) is 16.2 Å². The van der Waals surface area contributed by atoms with Gasteiger partial charge in [-0.3, -0.25) is 9.35 Å². The Bertz CT molecular complexity index is 960. The van der Waals surface area contributed by atoms with Crippen molar-refractivity contribution in [3.05, 3.63) is 60.3 Å². The summed E-state index contributed by atoms with van der Waals surface area (Å²) in [6.07, 6.45) is 1.15. The lowest BCUT2D eigenvalue weighted by atomic mass is 10.2. The second kappa shape index (κ2) is 7.48. The fraction of sp³-hybridized carbons (Fsp3) is 0. The molecule has 25 heavy (non-hydrogen) atoms. The summed E-state index contributed by atoms with van der Waals surface area (Å²) in [5.74, 6) is -0.715. The first-order chi connectivity index (χ1) is 11.8. The molecule has 2 rings (SSSR count). The lowest BCUT2D eigenvalue weighted by molar-refractivity contribution is -0.112. The predicted octanol–water partition coefficient (Wildman–Crippen LogP) is 2.10. The van der Waals surface area contributed by atoms with Gasteiger partial charge in [0, 0.05) is 23.6 Å². The zero-order valence-electron chi connectivity index (χ0n) is 12.7. The molecule has 4 N–H and O–H groups in total. The molecule has 0 aliphatic rings. The van der Waals surface area contributed by atoms with Crippen LogP contribution in [0.2, 0.25) is 0 Å². The second-order valence-electron chi connectivity index (χ2n) is 4.82. The summed E-state index contributed by atoms with van der Waals surface area (Å²) in [5.41, 5.74) is 0.496. The van der Waals surface area contributed by atoms with Crippen LogP contribution in [0.1, 0.15) is 0 Å². The van der Waals surface area contributed by atoms with E-state index in [0.29, 0.717) is 11.4 Å². The van der Waals surface area contributed by atoms with Gasteiger partial charge in [0.2, 0.25) is 0 Å². The average Bonchev–Trinajstić information content (AvgIpc) is 2.55. The van der Waals surface area contributed by atoms with Gasteiger partial charge in [-0.1, -0.05) is 6.07 Å². The van der Waals surface area contributed by atoms with Crippen molar-refractivity contribution in [3.63, 3.8) is 0 Å². The normalized spacial score (nSPS) is 11.4. The fourth-order valence-corrected chi connectivity index (χ4v) is 2.29. The number of nitriles is 1. The van der Waals surface area contributed by atoms with Crippen LogP contribution in [0.25, 0.3) is 0 Å². The molecule has 1 amide bonds. The molecule has 9 heteroatoms. The van der Waals surface area contributed by atoms with Gasteiger partial charge in [-0.2, -0.15) is 13.7 Å². The third kappa shape index (κ3) is 5.07. The summed E-state index contributed by atoms with van der Waals surface area (Å²) in [6, 6.07) is 12.7. The maximum atomic E-state index is 12.0. The maximum absolute atomic E-state index is 12.0. The molecule has 2 aromatic carbocycles. The van der Waals surface area contributed by atoms with Crippen molar-refractivity contribution >= 4 is 27.4 Å². The van der Waals surface area contributed by atoms with Gasteiger partial charge in [0.1, 0.15) is 17.4 Å². The van der Waals surface area contributed by atoms with E-state index in [1.54, 1.807) is 12.1 Å². The Kier molecular flexibility index (Phi) is 5.38. The van der Waals surface area contributed by atoms with Crippen molar-refractivity contribution < 1.29 is 22.9 Å². The van der Waals surface area contributed by atoms with Crippen LogP contribution >= 0.6 is 0 Å². The molecular weight excluding hydrogens is 346 g/mol. The first-order valence-corrected chi connectivity index (χ1v) is 8.28. The number of phenols is 1. The van der Waals surface area contributed by atoms with E-state index in [2.05, 4.69) is 10.6 Å². The summed E-state index contributed by atoms with van der Waals surface area (Å²) >= 11 is 0. The van der Waals surface area contributed by atoms with Gasteiger partial charge < -0.3 is 15.7 Å². The molecule has 0 saturated heterocycles. The van der Waals surface area contributed by atoms with Crippen molar-refractivity contribution in [2.75, 3.05) is 10.6 Å². The first kappa shape index (κ1) is 18.0. The largest absolute Gasteiger partial charge is 0.508 e. The first-order valence-electron chi connectivity index (χ1n) is 6.84. The number of hydrogen-bond donors (Lipinski definition) is 4. The molecule has 0 aliphatic heterocycles. The summed E-state index contributed by atoms with van der Waals surface area (Å²) in [4.78, 5) is 11.8. The zero-order valence-corrected chi connectivity index (χ0v) is 13.5. The van der Waals surface area contributed by atoms with Crippen LogP contribution < -0.4 is 10.6 Å². The average molecular weight is 359 g/mol. The molecule has 0 radical (unpaired) electrons. The lowest BCUT2D eigenvalue weighted by Crippen LogP contribution is -2.14. The maximum Gasteiger partial charge on any atom is 0.294 e. The molecule has 8 nitrogen and oxygen atoms in total. The van der Waals surface area contributed by atoms with E-state index < -0.39 is 16.0 Å². The van der Waals surface area contributed by atoms with E-state index in [1.165, 1.54) is 42.5 Å². The minimum absolute atomic E-state index is 0.0302. The van der Waals surface area contributed by atoms with Crippen molar-refractivity contribution in [3.8, 4) is 11.8 Å². The Morgan fingerprint density at radius 1 is 1.12 bits per heavy atom. The molecule has 2 aromatic rings. The van der Waals surface area contributed by atoms with E-state index in [9.17, 15) is 18.3 Å². The topological polar surface area (TPSA) is 140 Å². The minimum atomic E-state index is -4.29. The standard InChI is InChI=1S/C16H13N3O5S/c17-9-11(16(21)19-13-2-1-3-14(20)8-13)10-18-12-4-6-15(7-5-12)25(22,23)24/h1-8,10,18,20H,(H,19,21)(H,22,23,24)/b11-10-. The number of anilines is 2. The van der Waals surface area contributed by atoms with Crippen LogP contribution in [-0.2, 0) is 14.9 Å². The number of carbonyl (C=O) groups excluding carboxylic acids is 1. The number of phenolic OH excluding ortho intramolecular Hbond substituents is 1. The molecule has 0 saturated carbocycles. The lowest BCUT2D eigenvalue weighted by Gasteiger charge is -2.06. The summed E-state index contributed by atoms with van der Waals surface area (Å²) in [6.45, 7) is 0. The zero-order chi connectivity index (χ0) is 18.4. The smallest absolute Gasteiger partial charge is 0.294 e. The molecular formula is C16H13N3O5S. The molecule has 0 heterocycles. The van der Waals surface area contributed by atoms with Gasteiger partial charge in [-0.15, -0.1) is 0 Å². The van der Waals surface area contributed by atoms with Crippen molar-refractivity contribution in [1.29, 1.82) is 5.26 Å². The number of amides is 1.